The first-order valence-electron chi connectivity index (χ1n) is 8.18. The average Bonchev–Trinajstić information content (AvgIpc) is 2.55. The van der Waals surface area contributed by atoms with Crippen molar-refractivity contribution in [3.63, 3.8) is 0 Å². The van der Waals surface area contributed by atoms with Gasteiger partial charge in [-0.2, -0.15) is 0 Å². The summed E-state index contributed by atoms with van der Waals surface area (Å²) in [6, 6.07) is 7.78. The fourth-order valence-corrected chi connectivity index (χ4v) is 4.28. The molecule has 0 saturated carbocycles. The van der Waals surface area contributed by atoms with E-state index in [1.54, 1.807) is 0 Å². The molecule has 1 atom stereocenters. The van der Waals surface area contributed by atoms with E-state index in [0.717, 1.165) is 55.7 Å². The van der Waals surface area contributed by atoms with Crippen molar-refractivity contribution in [1.29, 1.82) is 0 Å². The number of aliphatic carboxylic acids is 1. The van der Waals surface area contributed by atoms with Crippen molar-refractivity contribution in [2.24, 2.45) is 5.41 Å². The third-order valence-electron chi connectivity index (χ3n) is 5.56. The van der Waals surface area contributed by atoms with Crippen molar-refractivity contribution in [1.82, 2.24) is 0 Å². The van der Waals surface area contributed by atoms with Crippen molar-refractivity contribution >= 4 is 11.5 Å². The van der Waals surface area contributed by atoms with E-state index in [1.165, 1.54) is 10.3 Å². The summed E-state index contributed by atoms with van der Waals surface area (Å²) in [7, 11) is 0. The lowest BCUT2D eigenvalue weighted by atomic mass is 9.62. The number of rotatable bonds is 3. The molecule has 23 heavy (non-hydrogen) atoms. The van der Waals surface area contributed by atoms with Crippen LogP contribution in [-0.4, -0.2) is 35.0 Å². The first-order valence-corrected chi connectivity index (χ1v) is 8.18. The largest absolute Gasteiger partial charge is 0.500 e. The SMILES string of the molecule is [N-]=[N+]1C2=C(c3ccc(CC(=O)O)cc3)C1CC1(CCOCC1)C2. The van der Waals surface area contributed by atoms with Crippen LogP contribution in [0.4, 0.5) is 0 Å². The number of hydrogen-bond donors (Lipinski definition) is 1. The fraction of sp³-hybridized carbons (Fsp3) is 0.500. The maximum atomic E-state index is 10.8. The van der Waals surface area contributed by atoms with Gasteiger partial charge in [0, 0.05) is 26.1 Å². The first-order chi connectivity index (χ1) is 11.1. The molecule has 120 valence electrons. The van der Waals surface area contributed by atoms with E-state index in [4.69, 9.17) is 9.84 Å². The van der Waals surface area contributed by atoms with E-state index >= 15 is 0 Å². The highest BCUT2D eigenvalue weighted by Gasteiger charge is 2.54. The van der Waals surface area contributed by atoms with Gasteiger partial charge in [0.25, 0.3) is 0 Å². The number of carboxylic acid groups (broad SMARTS) is 1. The lowest BCUT2D eigenvalue weighted by molar-refractivity contribution is -0.567. The summed E-state index contributed by atoms with van der Waals surface area (Å²) in [5.41, 5.74) is 14.7. The van der Waals surface area contributed by atoms with Gasteiger partial charge in [-0.05, 0) is 29.4 Å². The zero-order valence-corrected chi connectivity index (χ0v) is 13.0. The molecule has 1 aliphatic carbocycles. The molecule has 1 aromatic rings. The molecule has 1 unspecified atom stereocenters. The first kappa shape index (κ1) is 14.6. The van der Waals surface area contributed by atoms with E-state index in [-0.39, 0.29) is 12.5 Å². The van der Waals surface area contributed by atoms with Crippen LogP contribution in [0.25, 0.3) is 11.1 Å². The predicted molar refractivity (Wildman–Crippen MR) is 83.8 cm³/mol. The van der Waals surface area contributed by atoms with E-state index in [0.29, 0.717) is 5.41 Å². The highest BCUT2D eigenvalue weighted by Crippen LogP contribution is 2.55. The Morgan fingerprint density at radius 2 is 2.00 bits per heavy atom. The second-order valence-corrected chi connectivity index (χ2v) is 6.98. The second-order valence-electron chi connectivity index (χ2n) is 6.98. The van der Waals surface area contributed by atoms with Crippen LogP contribution in [0.1, 0.15) is 36.8 Å². The van der Waals surface area contributed by atoms with Crippen molar-refractivity contribution < 1.29 is 19.3 Å². The number of nitrogens with zero attached hydrogens (tertiary/aromatic N) is 2. The summed E-state index contributed by atoms with van der Waals surface area (Å²) in [5.74, 6) is -0.816. The van der Waals surface area contributed by atoms with E-state index < -0.39 is 5.97 Å². The van der Waals surface area contributed by atoms with Gasteiger partial charge in [0.1, 0.15) is 0 Å². The standard InChI is InChI=1S/C18H20N2O3/c19-20-14-10-18(5-7-23-8-6-18)11-15(20)17(14)13-3-1-12(2-4-13)9-16(21)22/h1-4,14H,5-11H2,(H,21,22). The van der Waals surface area contributed by atoms with Crippen LogP contribution < -0.4 is 0 Å². The molecule has 0 radical (unpaired) electrons. The van der Waals surface area contributed by atoms with E-state index in [1.807, 2.05) is 24.3 Å². The molecule has 0 aromatic heterocycles. The fourth-order valence-electron chi connectivity index (χ4n) is 4.28. The summed E-state index contributed by atoms with van der Waals surface area (Å²) in [6.07, 6.45) is 4.08. The van der Waals surface area contributed by atoms with Crippen LogP contribution in [0.3, 0.4) is 0 Å². The van der Waals surface area contributed by atoms with Crippen molar-refractivity contribution in [2.75, 3.05) is 13.2 Å². The number of hydrogen-bond acceptors (Lipinski definition) is 2. The summed E-state index contributed by atoms with van der Waals surface area (Å²) in [4.78, 5) is 10.8. The minimum absolute atomic E-state index is 0.0465. The molecule has 1 N–H and O–H groups in total. The quantitative estimate of drug-likeness (QED) is 0.872. The van der Waals surface area contributed by atoms with Gasteiger partial charge in [0.15, 0.2) is 11.7 Å². The minimum Gasteiger partial charge on any atom is -0.500 e. The Bertz CT molecular complexity index is 699. The Hall–Kier alpha value is -2.01. The molecule has 5 nitrogen and oxygen atoms in total. The molecule has 3 aliphatic heterocycles. The Kier molecular flexibility index (Phi) is 3.34. The molecule has 2 fully saturated rings. The average molecular weight is 312 g/mol. The molecular weight excluding hydrogens is 292 g/mol. The monoisotopic (exact) mass is 312 g/mol. The predicted octanol–water partition coefficient (Wildman–Crippen LogP) is 3.03. The maximum Gasteiger partial charge on any atom is 0.307 e. The van der Waals surface area contributed by atoms with Crippen LogP contribution in [0.5, 0.6) is 0 Å². The van der Waals surface area contributed by atoms with E-state index in [9.17, 15) is 10.3 Å². The topological polar surface area (TPSA) is 71.8 Å². The van der Waals surface area contributed by atoms with Crippen molar-refractivity contribution in [3.8, 4) is 0 Å². The zero-order valence-electron chi connectivity index (χ0n) is 13.0. The van der Waals surface area contributed by atoms with Gasteiger partial charge < -0.3 is 15.4 Å². The van der Waals surface area contributed by atoms with Gasteiger partial charge in [-0.15, -0.1) is 0 Å². The van der Waals surface area contributed by atoms with Crippen LogP contribution in [-0.2, 0) is 16.0 Å². The third kappa shape index (κ3) is 2.39. The molecule has 1 spiro atoms. The van der Waals surface area contributed by atoms with Crippen LogP contribution in [0.2, 0.25) is 0 Å². The number of carboxylic acids is 1. The number of piperidine rings is 1. The summed E-state index contributed by atoms with van der Waals surface area (Å²) < 4.78 is 6.92. The molecule has 3 heterocycles. The maximum absolute atomic E-state index is 10.8. The van der Waals surface area contributed by atoms with E-state index in [2.05, 4.69) is 0 Å². The number of ether oxygens (including phenoxy) is 1. The molecule has 4 aliphatic rings. The van der Waals surface area contributed by atoms with Crippen molar-refractivity contribution in [2.45, 2.75) is 38.1 Å². The molecular formula is C18H20N2O3. The van der Waals surface area contributed by atoms with Gasteiger partial charge in [0.05, 0.1) is 12.0 Å². The zero-order chi connectivity index (χ0) is 16.0. The second kappa shape index (κ2) is 5.27. The molecule has 0 amide bonds. The Morgan fingerprint density at radius 3 is 2.57 bits per heavy atom. The third-order valence-corrected chi connectivity index (χ3v) is 5.56. The lowest BCUT2D eigenvalue weighted by Gasteiger charge is -2.49. The Balaban J connectivity index is 1.60. The highest BCUT2D eigenvalue weighted by molar-refractivity contribution is 5.76. The van der Waals surface area contributed by atoms with Crippen LogP contribution in [0, 0.1) is 5.41 Å². The lowest BCUT2D eigenvalue weighted by Crippen LogP contribution is -2.49. The van der Waals surface area contributed by atoms with Gasteiger partial charge in [-0.25, -0.2) is 0 Å². The molecule has 2 bridgehead atoms. The number of benzene rings is 1. The summed E-state index contributed by atoms with van der Waals surface area (Å²) >= 11 is 0. The molecule has 1 aromatic carbocycles. The minimum atomic E-state index is -0.816. The molecule has 5 rings (SSSR count). The normalized spacial score (nSPS) is 25.4. The molecule has 5 heteroatoms. The van der Waals surface area contributed by atoms with Gasteiger partial charge in [-0.1, -0.05) is 24.3 Å². The molecule has 2 saturated heterocycles. The van der Waals surface area contributed by atoms with Crippen LogP contribution >= 0.6 is 0 Å². The summed E-state index contributed by atoms with van der Waals surface area (Å²) in [5, 5.41) is 8.85. The number of allylic oxidation sites excluding steroid dienone is 1. The highest BCUT2D eigenvalue weighted by atomic mass is 16.5. The van der Waals surface area contributed by atoms with Gasteiger partial charge in [0.2, 0.25) is 0 Å². The number of carbonyl (C=O) groups is 1. The van der Waals surface area contributed by atoms with Gasteiger partial charge in [-0.3, -0.25) is 9.49 Å². The van der Waals surface area contributed by atoms with Crippen molar-refractivity contribution in [3.05, 3.63) is 46.6 Å². The van der Waals surface area contributed by atoms with Gasteiger partial charge >= 0.3 is 5.97 Å². The Morgan fingerprint density at radius 1 is 1.30 bits per heavy atom. The Labute approximate surface area is 135 Å². The van der Waals surface area contributed by atoms with Crippen LogP contribution in [0.15, 0.2) is 30.0 Å². The summed E-state index contributed by atoms with van der Waals surface area (Å²) in [6.45, 7) is 1.65. The smallest absolute Gasteiger partial charge is 0.307 e.